The van der Waals surface area contributed by atoms with Crippen molar-refractivity contribution >= 4 is 50.9 Å². The molecule has 0 radical (unpaired) electrons. The van der Waals surface area contributed by atoms with Gasteiger partial charge in [0.2, 0.25) is 0 Å². The molecule has 2 unspecified atom stereocenters. The Morgan fingerprint density at radius 1 is 1.13 bits per heavy atom. The third-order valence-electron chi connectivity index (χ3n) is 6.84. The van der Waals surface area contributed by atoms with Gasteiger partial charge in [-0.05, 0) is 56.4 Å². The number of halogens is 4. The number of nitrogens with zero attached hydrogens (tertiary/aromatic N) is 2. The minimum atomic E-state index is -5.08. The van der Waals surface area contributed by atoms with Crippen molar-refractivity contribution in [2.75, 3.05) is 5.32 Å². The predicted molar refractivity (Wildman–Crippen MR) is 135 cm³/mol. The SMILES string of the molecule is Cc1onc2c1c(=O)n(CC1CCC(NC(=O)c3ccccc3NC(=O)C(F)(F)F)C1)c1cccc(Cl)c21. The van der Waals surface area contributed by atoms with Gasteiger partial charge in [-0.15, -0.1) is 0 Å². The Kier molecular flexibility index (Phi) is 6.64. The molecule has 2 atom stereocenters. The van der Waals surface area contributed by atoms with Crippen molar-refractivity contribution in [2.24, 2.45) is 5.92 Å². The number of benzene rings is 2. The van der Waals surface area contributed by atoms with E-state index in [4.69, 9.17) is 16.1 Å². The molecule has 2 N–H and O–H groups in total. The van der Waals surface area contributed by atoms with Crippen LogP contribution in [0.4, 0.5) is 18.9 Å². The zero-order valence-corrected chi connectivity index (χ0v) is 20.8. The van der Waals surface area contributed by atoms with Crippen LogP contribution in [-0.2, 0) is 11.3 Å². The molecule has 2 amide bonds. The highest BCUT2D eigenvalue weighted by Crippen LogP contribution is 2.33. The molecule has 2 heterocycles. The van der Waals surface area contributed by atoms with Gasteiger partial charge in [0.15, 0.2) is 0 Å². The molecule has 2 aromatic heterocycles. The van der Waals surface area contributed by atoms with Gasteiger partial charge >= 0.3 is 12.1 Å². The molecule has 198 valence electrons. The molecule has 4 aromatic rings. The van der Waals surface area contributed by atoms with Gasteiger partial charge in [0.1, 0.15) is 16.7 Å². The van der Waals surface area contributed by atoms with E-state index in [9.17, 15) is 27.6 Å². The molecule has 1 saturated carbocycles. The highest BCUT2D eigenvalue weighted by Gasteiger charge is 2.39. The van der Waals surface area contributed by atoms with Crippen molar-refractivity contribution in [3.63, 3.8) is 0 Å². The van der Waals surface area contributed by atoms with E-state index in [2.05, 4.69) is 10.5 Å². The average Bonchev–Trinajstić information content (AvgIpc) is 3.47. The maximum atomic E-state index is 13.4. The van der Waals surface area contributed by atoms with E-state index in [-0.39, 0.29) is 28.8 Å². The van der Waals surface area contributed by atoms with Crippen LogP contribution >= 0.6 is 11.6 Å². The number of fused-ring (bicyclic) bond motifs is 3. The van der Waals surface area contributed by atoms with Crippen LogP contribution in [0.15, 0.2) is 51.8 Å². The summed E-state index contributed by atoms with van der Waals surface area (Å²) in [7, 11) is 0. The quantitative estimate of drug-likeness (QED) is 0.358. The summed E-state index contributed by atoms with van der Waals surface area (Å²) in [4.78, 5) is 37.7. The number of aryl methyl sites for hydroxylation is 1. The Labute approximate surface area is 218 Å². The third kappa shape index (κ3) is 4.73. The van der Waals surface area contributed by atoms with E-state index in [1.807, 2.05) is 0 Å². The van der Waals surface area contributed by atoms with Gasteiger partial charge in [-0.25, -0.2) is 0 Å². The predicted octanol–water partition coefficient (Wildman–Crippen LogP) is 5.20. The molecule has 0 spiro atoms. The van der Waals surface area contributed by atoms with Crippen molar-refractivity contribution in [3.05, 3.63) is 69.2 Å². The first kappa shape index (κ1) is 25.8. The van der Waals surface area contributed by atoms with Crippen molar-refractivity contribution in [3.8, 4) is 0 Å². The summed E-state index contributed by atoms with van der Waals surface area (Å²) in [5, 5.41) is 10.1. The Morgan fingerprint density at radius 2 is 1.89 bits per heavy atom. The average molecular weight is 547 g/mol. The minimum Gasteiger partial charge on any atom is -0.360 e. The summed E-state index contributed by atoms with van der Waals surface area (Å²) in [5.41, 5.74) is 0.505. The number of para-hydroxylation sites is 1. The number of alkyl halides is 3. The Bertz CT molecular complexity index is 1630. The molecule has 0 saturated heterocycles. The lowest BCUT2D eigenvalue weighted by molar-refractivity contribution is -0.167. The monoisotopic (exact) mass is 546 g/mol. The summed E-state index contributed by atoms with van der Waals surface area (Å²) in [6, 6.07) is 10.5. The van der Waals surface area contributed by atoms with Crippen LogP contribution in [0, 0.1) is 12.8 Å². The van der Waals surface area contributed by atoms with E-state index in [1.54, 1.807) is 35.0 Å². The maximum Gasteiger partial charge on any atom is 0.471 e. The molecule has 1 aliphatic carbocycles. The van der Waals surface area contributed by atoms with Gasteiger partial charge in [0, 0.05) is 18.0 Å². The van der Waals surface area contributed by atoms with Crippen LogP contribution < -0.4 is 16.2 Å². The summed E-state index contributed by atoms with van der Waals surface area (Å²) >= 11 is 6.46. The van der Waals surface area contributed by atoms with Crippen LogP contribution in [0.25, 0.3) is 21.8 Å². The van der Waals surface area contributed by atoms with Crippen LogP contribution in [0.2, 0.25) is 5.02 Å². The minimum absolute atomic E-state index is 0.0398. The first-order valence-electron chi connectivity index (χ1n) is 11.9. The number of amides is 2. The molecule has 2 aromatic carbocycles. The zero-order valence-electron chi connectivity index (χ0n) is 20.1. The lowest BCUT2D eigenvalue weighted by atomic mass is 10.1. The fourth-order valence-corrected chi connectivity index (χ4v) is 5.33. The van der Waals surface area contributed by atoms with Gasteiger partial charge in [0.05, 0.1) is 21.8 Å². The summed E-state index contributed by atoms with van der Waals surface area (Å²) in [6.07, 6.45) is -3.19. The third-order valence-corrected chi connectivity index (χ3v) is 7.15. The molecular formula is C26H22ClF3N4O4. The Morgan fingerprint density at radius 3 is 2.66 bits per heavy atom. The molecule has 8 nitrogen and oxygen atoms in total. The molecule has 0 bridgehead atoms. The number of aromatic nitrogens is 2. The molecular weight excluding hydrogens is 525 g/mol. The topological polar surface area (TPSA) is 106 Å². The first-order chi connectivity index (χ1) is 18.0. The molecule has 38 heavy (non-hydrogen) atoms. The van der Waals surface area contributed by atoms with E-state index in [1.165, 1.54) is 24.3 Å². The largest absolute Gasteiger partial charge is 0.471 e. The summed E-state index contributed by atoms with van der Waals surface area (Å²) in [5.74, 6) is -2.31. The first-order valence-corrected chi connectivity index (χ1v) is 12.3. The van der Waals surface area contributed by atoms with E-state index in [0.29, 0.717) is 58.4 Å². The lowest BCUT2D eigenvalue weighted by Gasteiger charge is -2.18. The second kappa shape index (κ2) is 9.79. The number of carbonyl (C=O) groups excluding carboxylic acids is 2. The van der Waals surface area contributed by atoms with Crippen molar-refractivity contribution in [2.45, 2.75) is 44.9 Å². The number of anilines is 1. The van der Waals surface area contributed by atoms with Crippen molar-refractivity contribution in [1.29, 1.82) is 0 Å². The fraction of sp³-hybridized carbons (Fsp3) is 0.308. The number of hydrogen-bond donors (Lipinski definition) is 2. The van der Waals surface area contributed by atoms with Gasteiger partial charge in [0.25, 0.3) is 11.5 Å². The van der Waals surface area contributed by atoms with E-state index >= 15 is 0 Å². The Balaban J connectivity index is 1.34. The highest BCUT2D eigenvalue weighted by atomic mass is 35.5. The number of carbonyl (C=O) groups is 2. The number of hydrogen-bond acceptors (Lipinski definition) is 5. The lowest BCUT2D eigenvalue weighted by Crippen LogP contribution is -2.35. The zero-order chi connectivity index (χ0) is 27.2. The number of rotatable bonds is 5. The molecule has 1 aliphatic rings. The van der Waals surface area contributed by atoms with Crippen LogP contribution in [0.5, 0.6) is 0 Å². The smallest absolute Gasteiger partial charge is 0.360 e. The maximum absolute atomic E-state index is 13.4. The standard InChI is InChI=1S/C26H22ClF3N4O4/c1-13-20-22(33-38-13)21-17(27)6-4-8-19(21)34(24(20)36)12-14-9-10-15(11-14)31-23(35)16-5-2-3-7-18(16)32-25(37)26(28,29)30/h2-8,14-15H,9-12H2,1H3,(H,31,35)(H,32,37). The second-order valence-corrected chi connectivity index (χ2v) is 9.77. The van der Waals surface area contributed by atoms with Crippen LogP contribution in [0.3, 0.4) is 0 Å². The van der Waals surface area contributed by atoms with Gasteiger partial charge in [-0.2, -0.15) is 13.2 Å². The molecule has 0 aliphatic heterocycles. The van der Waals surface area contributed by atoms with Gasteiger partial charge in [-0.3, -0.25) is 14.4 Å². The molecule has 1 fully saturated rings. The molecule has 5 rings (SSSR count). The van der Waals surface area contributed by atoms with Gasteiger partial charge < -0.3 is 19.7 Å². The highest BCUT2D eigenvalue weighted by molar-refractivity contribution is 6.37. The normalized spacial score (nSPS) is 17.7. The van der Waals surface area contributed by atoms with Crippen LogP contribution in [-0.4, -0.2) is 33.8 Å². The van der Waals surface area contributed by atoms with E-state index in [0.717, 1.165) is 0 Å². The molecule has 12 heteroatoms. The fourth-order valence-electron chi connectivity index (χ4n) is 5.07. The van der Waals surface area contributed by atoms with Crippen molar-refractivity contribution in [1.82, 2.24) is 15.0 Å². The van der Waals surface area contributed by atoms with E-state index < -0.39 is 18.0 Å². The number of pyridine rings is 1. The van der Waals surface area contributed by atoms with Crippen LogP contribution in [0.1, 0.15) is 35.4 Å². The summed E-state index contributed by atoms with van der Waals surface area (Å²) < 4.78 is 45.0. The summed E-state index contributed by atoms with van der Waals surface area (Å²) in [6.45, 7) is 2.04. The van der Waals surface area contributed by atoms with Gasteiger partial charge in [-0.1, -0.05) is 35.0 Å². The second-order valence-electron chi connectivity index (χ2n) is 9.36. The Hall–Kier alpha value is -3.86. The number of nitrogens with one attached hydrogen (secondary N) is 2. The van der Waals surface area contributed by atoms with Crippen molar-refractivity contribution < 1.29 is 27.3 Å².